The Morgan fingerprint density at radius 1 is 1.18 bits per heavy atom. The van der Waals surface area contributed by atoms with Crippen LogP contribution < -0.4 is 11.1 Å². The molecule has 0 aliphatic carbocycles. The van der Waals surface area contributed by atoms with Crippen molar-refractivity contribution in [1.29, 1.82) is 0 Å². The van der Waals surface area contributed by atoms with Gasteiger partial charge in [0.2, 0.25) is 0 Å². The number of nitrogens with one attached hydrogen (secondary N) is 1. The zero-order valence-corrected chi connectivity index (χ0v) is 11.3. The van der Waals surface area contributed by atoms with E-state index in [1.54, 1.807) is 0 Å². The molecule has 1 heterocycles. The number of benzene rings is 1. The van der Waals surface area contributed by atoms with E-state index < -0.39 is 0 Å². The SMILES string of the molecule is NC1CCCCC(Cc2c(Cl)cccc2Cl)N1. The molecule has 1 aliphatic heterocycles. The van der Waals surface area contributed by atoms with Gasteiger partial charge < -0.3 is 5.73 Å². The fourth-order valence-corrected chi connectivity index (χ4v) is 2.91. The smallest absolute Gasteiger partial charge is 0.0548 e. The highest BCUT2D eigenvalue weighted by molar-refractivity contribution is 6.35. The van der Waals surface area contributed by atoms with Gasteiger partial charge in [-0.25, -0.2) is 0 Å². The van der Waals surface area contributed by atoms with E-state index in [1.165, 1.54) is 12.8 Å². The van der Waals surface area contributed by atoms with Crippen LogP contribution in [0.2, 0.25) is 10.0 Å². The van der Waals surface area contributed by atoms with Gasteiger partial charge in [-0.2, -0.15) is 0 Å². The summed E-state index contributed by atoms with van der Waals surface area (Å²) < 4.78 is 0. The molecule has 1 aromatic carbocycles. The van der Waals surface area contributed by atoms with Gasteiger partial charge in [0.1, 0.15) is 0 Å². The van der Waals surface area contributed by atoms with Crippen molar-refractivity contribution in [3.8, 4) is 0 Å². The molecule has 94 valence electrons. The van der Waals surface area contributed by atoms with Crippen LogP contribution in [0, 0.1) is 0 Å². The molecular weight excluding hydrogens is 255 g/mol. The molecule has 2 nitrogen and oxygen atoms in total. The fraction of sp³-hybridized carbons (Fsp3) is 0.538. The molecule has 0 aromatic heterocycles. The minimum Gasteiger partial charge on any atom is -0.316 e. The highest BCUT2D eigenvalue weighted by atomic mass is 35.5. The van der Waals surface area contributed by atoms with E-state index in [0.717, 1.165) is 34.9 Å². The first kappa shape index (κ1) is 13.2. The Bertz CT molecular complexity index is 361. The standard InChI is InChI=1S/C13H18Cl2N2/c14-11-5-3-6-12(15)10(11)8-9-4-1-2-7-13(16)17-9/h3,5-6,9,13,17H,1-2,4,7-8,16H2. The molecule has 0 radical (unpaired) electrons. The molecule has 1 aliphatic rings. The van der Waals surface area contributed by atoms with Crippen LogP contribution in [-0.4, -0.2) is 12.2 Å². The monoisotopic (exact) mass is 272 g/mol. The number of rotatable bonds is 2. The van der Waals surface area contributed by atoms with E-state index in [9.17, 15) is 0 Å². The Balaban J connectivity index is 2.09. The first-order valence-electron chi connectivity index (χ1n) is 6.11. The van der Waals surface area contributed by atoms with E-state index in [2.05, 4.69) is 5.32 Å². The first-order chi connectivity index (χ1) is 8.16. The molecule has 2 atom stereocenters. The lowest BCUT2D eigenvalue weighted by Gasteiger charge is -2.20. The summed E-state index contributed by atoms with van der Waals surface area (Å²) in [6.45, 7) is 0. The summed E-state index contributed by atoms with van der Waals surface area (Å²) in [5.74, 6) is 0. The maximum Gasteiger partial charge on any atom is 0.0548 e. The van der Waals surface area contributed by atoms with Crippen molar-refractivity contribution < 1.29 is 0 Å². The lowest BCUT2D eigenvalue weighted by molar-refractivity contribution is 0.435. The largest absolute Gasteiger partial charge is 0.316 e. The Kier molecular flexibility index (Phi) is 4.69. The molecule has 3 N–H and O–H groups in total. The highest BCUT2D eigenvalue weighted by Gasteiger charge is 2.18. The summed E-state index contributed by atoms with van der Waals surface area (Å²) >= 11 is 12.4. The maximum absolute atomic E-state index is 6.18. The molecule has 2 rings (SSSR count). The number of nitrogens with two attached hydrogens (primary N) is 1. The normalized spacial score (nSPS) is 25.6. The van der Waals surface area contributed by atoms with Gasteiger partial charge in [-0.15, -0.1) is 0 Å². The average Bonchev–Trinajstić information content (AvgIpc) is 2.48. The lowest BCUT2D eigenvalue weighted by atomic mass is 10.0. The van der Waals surface area contributed by atoms with E-state index in [4.69, 9.17) is 28.9 Å². The van der Waals surface area contributed by atoms with Crippen LogP contribution in [-0.2, 0) is 6.42 Å². The average molecular weight is 273 g/mol. The Morgan fingerprint density at radius 3 is 2.53 bits per heavy atom. The van der Waals surface area contributed by atoms with Crippen molar-refractivity contribution in [3.05, 3.63) is 33.8 Å². The van der Waals surface area contributed by atoms with Gasteiger partial charge in [0, 0.05) is 16.1 Å². The van der Waals surface area contributed by atoms with Gasteiger partial charge in [0.05, 0.1) is 6.17 Å². The predicted octanol–water partition coefficient (Wildman–Crippen LogP) is 3.35. The summed E-state index contributed by atoms with van der Waals surface area (Å²) in [4.78, 5) is 0. The topological polar surface area (TPSA) is 38.0 Å². The van der Waals surface area contributed by atoms with Crippen molar-refractivity contribution >= 4 is 23.2 Å². The van der Waals surface area contributed by atoms with Gasteiger partial charge in [-0.05, 0) is 37.0 Å². The summed E-state index contributed by atoms with van der Waals surface area (Å²) in [5, 5.41) is 4.94. The van der Waals surface area contributed by atoms with Gasteiger partial charge >= 0.3 is 0 Å². The number of hydrogen-bond donors (Lipinski definition) is 2. The van der Waals surface area contributed by atoms with Crippen molar-refractivity contribution in [2.75, 3.05) is 0 Å². The molecule has 0 saturated carbocycles. The van der Waals surface area contributed by atoms with Crippen LogP contribution in [0.4, 0.5) is 0 Å². The predicted molar refractivity (Wildman–Crippen MR) is 73.5 cm³/mol. The third-order valence-electron chi connectivity index (χ3n) is 3.28. The molecule has 0 amide bonds. The van der Waals surface area contributed by atoms with Gasteiger partial charge in [0.15, 0.2) is 0 Å². The van der Waals surface area contributed by atoms with Gasteiger partial charge in [-0.1, -0.05) is 42.1 Å². The second kappa shape index (κ2) is 6.05. The molecule has 1 aromatic rings. The van der Waals surface area contributed by atoms with Crippen molar-refractivity contribution in [2.24, 2.45) is 5.73 Å². The minimum atomic E-state index is 0.101. The van der Waals surface area contributed by atoms with Crippen molar-refractivity contribution in [1.82, 2.24) is 5.32 Å². The third kappa shape index (κ3) is 3.59. The first-order valence-corrected chi connectivity index (χ1v) is 6.87. The van der Waals surface area contributed by atoms with E-state index >= 15 is 0 Å². The number of halogens is 2. The van der Waals surface area contributed by atoms with Crippen molar-refractivity contribution in [3.63, 3.8) is 0 Å². The second-order valence-corrected chi connectivity index (χ2v) is 5.47. The molecule has 1 fully saturated rings. The van der Waals surface area contributed by atoms with Crippen LogP contribution in [0.1, 0.15) is 31.2 Å². The second-order valence-electron chi connectivity index (χ2n) is 4.66. The zero-order chi connectivity index (χ0) is 12.3. The van der Waals surface area contributed by atoms with Crippen LogP contribution in [0.15, 0.2) is 18.2 Å². The van der Waals surface area contributed by atoms with Crippen LogP contribution >= 0.6 is 23.2 Å². The fourth-order valence-electron chi connectivity index (χ4n) is 2.36. The van der Waals surface area contributed by atoms with Crippen molar-refractivity contribution in [2.45, 2.75) is 44.3 Å². The summed E-state index contributed by atoms with van der Waals surface area (Å²) in [5.41, 5.74) is 7.01. The van der Waals surface area contributed by atoms with E-state index in [-0.39, 0.29) is 6.17 Å². The summed E-state index contributed by atoms with van der Waals surface area (Å²) in [7, 11) is 0. The molecule has 0 bridgehead atoms. The van der Waals surface area contributed by atoms with Gasteiger partial charge in [-0.3, -0.25) is 5.32 Å². The maximum atomic E-state index is 6.18. The highest BCUT2D eigenvalue weighted by Crippen LogP contribution is 2.27. The van der Waals surface area contributed by atoms with E-state index in [0.29, 0.717) is 6.04 Å². The zero-order valence-electron chi connectivity index (χ0n) is 9.76. The summed E-state index contributed by atoms with van der Waals surface area (Å²) in [6, 6.07) is 6.03. The summed E-state index contributed by atoms with van der Waals surface area (Å²) in [6.07, 6.45) is 5.55. The quantitative estimate of drug-likeness (QED) is 0.867. The molecule has 2 unspecified atom stereocenters. The van der Waals surface area contributed by atoms with E-state index in [1.807, 2.05) is 18.2 Å². The third-order valence-corrected chi connectivity index (χ3v) is 3.99. The van der Waals surface area contributed by atoms with Gasteiger partial charge in [0.25, 0.3) is 0 Å². The van der Waals surface area contributed by atoms with Crippen LogP contribution in [0.5, 0.6) is 0 Å². The lowest BCUT2D eigenvalue weighted by Crippen LogP contribution is -2.43. The molecular formula is C13H18Cl2N2. The molecule has 0 spiro atoms. The molecule has 4 heteroatoms. The van der Waals surface area contributed by atoms with Crippen LogP contribution in [0.25, 0.3) is 0 Å². The Morgan fingerprint density at radius 2 is 1.82 bits per heavy atom. The molecule has 1 saturated heterocycles. The number of hydrogen-bond acceptors (Lipinski definition) is 2. The Hall–Kier alpha value is -0.280. The minimum absolute atomic E-state index is 0.101. The molecule has 17 heavy (non-hydrogen) atoms. The van der Waals surface area contributed by atoms with Crippen LogP contribution in [0.3, 0.4) is 0 Å². The Labute approximate surface area is 112 Å².